The molecule has 0 N–H and O–H groups in total. The van der Waals surface area contributed by atoms with Gasteiger partial charge in [-0.1, -0.05) is 11.6 Å². The third-order valence-electron chi connectivity index (χ3n) is 4.79. The fourth-order valence-corrected chi connectivity index (χ4v) is 3.40. The molecule has 0 bridgehead atoms. The first kappa shape index (κ1) is 19.7. The molecule has 0 spiro atoms. The molecule has 152 valence electrons. The standard InChI is InChI=1S/C20H18ClF3N4O/c1-27-8-10-28(11-9-27)19-16-12-15(29-20(22,23)24)6-7-17(16)25-18(26-19)13-2-4-14(21)5-3-13/h2-7,12H,8-11H2,1H3. The van der Waals surface area contributed by atoms with Crippen molar-refractivity contribution < 1.29 is 17.9 Å². The largest absolute Gasteiger partial charge is 0.573 e. The van der Waals surface area contributed by atoms with Crippen LogP contribution in [0.4, 0.5) is 19.0 Å². The Morgan fingerprint density at radius 3 is 2.31 bits per heavy atom. The Bertz CT molecular complexity index is 1020. The Kier molecular flexibility index (Phi) is 5.23. The summed E-state index contributed by atoms with van der Waals surface area (Å²) in [6.45, 7) is 3.10. The van der Waals surface area contributed by atoms with Gasteiger partial charge in [-0.15, -0.1) is 13.2 Å². The Balaban J connectivity index is 1.83. The van der Waals surface area contributed by atoms with E-state index in [-0.39, 0.29) is 5.75 Å². The highest BCUT2D eigenvalue weighted by atomic mass is 35.5. The summed E-state index contributed by atoms with van der Waals surface area (Å²) >= 11 is 5.97. The summed E-state index contributed by atoms with van der Waals surface area (Å²) in [5.74, 6) is 0.802. The summed E-state index contributed by atoms with van der Waals surface area (Å²) in [5.41, 5.74) is 1.33. The van der Waals surface area contributed by atoms with Gasteiger partial charge in [0, 0.05) is 42.2 Å². The SMILES string of the molecule is CN1CCN(c2nc(-c3ccc(Cl)cc3)nc3ccc(OC(F)(F)F)cc23)CC1. The number of likely N-dealkylation sites (N-methyl/N-ethyl adjacent to an activating group) is 1. The van der Waals surface area contributed by atoms with Crippen molar-refractivity contribution in [1.29, 1.82) is 0 Å². The molecule has 1 saturated heterocycles. The first-order valence-corrected chi connectivity index (χ1v) is 9.43. The maximum absolute atomic E-state index is 12.7. The lowest BCUT2D eigenvalue weighted by atomic mass is 10.1. The van der Waals surface area contributed by atoms with Crippen molar-refractivity contribution in [2.45, 2.75) is 6.36 Å². The topological polar surface area (TPSA) is 41.5 Å². The fraction of sp³-hybridized carbons (Fsp3) is 0.300. The van der Waals surface area contributed by atoms with E-state index in [1.807, 2.05) is 19.2 Å². The second-order valence-corrected chi connectivity index (χ2v) is 7.33. The lowest BCUT2D eigenvalue weighted by molar-refractivity contribution is -0.274. The number of hydrogen-bond acceptors (Lipinski definition) is 5. The van der Waals surface area contributed by atoms with Gasteiger partial charge in [0.05, 0.1) is 5.52 Å². The predicted molar refractivity (Wildman–Crippen MR) is 106 cm³/mol. The molecule has 2 aromatic carbocycles. The highest BCUT2D eigenvalue weighted by Crippen LogP contribution is 2.33. The number of halogens is 4. The normalized spacial score (nSPS) is 15.7. The van der Waals surface area contributed by atoms with Crippen LogP contribution in [-0.4, -0.2) is 54.5 Å². The molecule has 5 nitrogen and oxygen atoms in total. The highest BCUT2D eigenvalue weighted by molar-refractivity contribution is 6.30. The molecule has 4 rings (SSSR count). The summed E-state index contributed by atoms with van der Waals surface area (Å²) in [6.07, 6.45) is -4.76. The van der Waals surface area contributed by atoms with Gasteiger partial charge < -0.3 is 14.5 Å². The van der Waals surface area contributed by atoms with Gasteiger partial charge in [-0.05, 0) is 49.5 Å². The lowest BCUT2D eigenvalue weighted by Crippen LogP contribution is -2.45. The second kappa shape index (κ2) is 7.68. The summed E-state index contributed by atoms with van der Waals surface area (Å²) in [7, 11) is 2.03. The molecule has 1 aliphatic rings. The number of ether oxygens (including phenoxy) is 1. The number of rotatable bonds is 3. The number of anilines is 1. The molecule has 1 fully saturated rings. The summed E-state index contributed by atoms with van der Waals surface area (Å²) < 4.78 is 42.1. The van der Waals surface area contributed by atoms with Crippen LogP contribution in [-0.2, 0) is 0 Å². The maximum Gasteiger partial charge on any atom is 0.573 e. The predicted octanol–water partition coefficient (Wildman–Crippen LogP) is 4.60. The van der Waals surface area contributed by atoms with Crippen molar-refractivity contribution in [1.82, 2.24) is 14.9 Å². The molecular weight excluding hydrogens is 405 g/mol. The van der Waals surface area contributed by atoms with Crippen LogP contribution in [0.1, 0.15) is 0 Å². The van der Waals surface area contributed by atoms with Crippen LogP contribution in [0.2, 0.25) is 5.02 Å². The molecule has 0 aliphatic carbocycles. The van der Waals surface area contributed by atoms with E-state index in [1.165, 1.54) is 18.2 Å². The van der Waals surface area contributed by atoms with Crippen molar-refractivity contribution in [2.24, 2.45) is 0 Å². The first-order valence-electron chi connectivity index (χ1n) is 9.05. The van der Waals surface area contributed by atoms with Crippen molar-refractivity contribution in [2.75, 3.05) is 38.1 Å². The second-order valence-electron chi connectivity index (χ2n) is 6.89. The molecule has 9 heteroatoms. The number of benzene rings is 2. The highest BCUT2D eigenvalue weighted by Gasteiger charge is 2.31. The monoisotopic (exact) mass is 422 g/mol. The van der Waals surface area contributed by atoms with Crippen molar-refractivity contribution >= 4 is 28.3 Å². The molecule has 0 unspecified atom stereocenters. The van der Waals surface area contributed by atoms with Gasteiger partial charge in [-0.25, -0.2) is 9.97 Å². The van der Waals surface area contributed by atoms with E-state index in [2.05, 4.69) is 19.5 Å². The van der Waals surface area contributed by atoms with Gasteiger partial charge in [0.25, 0.3) is 0 Å². The van der Waals surface area contributed by atoms with E-state index >= 15 is 0 Å². The molecule has 0 radical (unpaired) electrons. The van der Waals surface area contributed by atoms with Crippen LogP contribution < -0.4 is 9.64 Å². The van der Waals surface area contributed by atoms with Gasteiger partial charge in [-0.3, -0.25) is 0 Å². The Morgan fingerprint density at radius 1 is 0.966 bits per heavy atom. The van der Waals surface area contributed by atoms with E-state index < -0.39 is 6.36 Å². The Hall–Kier alpha value is -2.58. The third kappa shape index (κ3) is 4.54. The molecule has 29 heavy (non-hydrogen) atoms. The lowest BCUT2D eigenvalue weighted by Gasteiger charge is -2.34. The van der Waals surface area contributed by atoms with Crippen LogP contribution in [0.5, 0.6) is 5.75 Å². The Labute approximate surface area is 170 Å². The summed E-state index contributed by atoms with van der Waals surface area (Å²) in [4.78, 5) is 13.5. The number of alkyl halides is 3. The zero-order valence-electron chi connectivity index (χ0n) is 15.6. The maximum atomic E-state index is 12.7. The minimum Gasteiger partial charge on any atom is -0.406 e. The Morgan fingerprint density at radius 2 is 1.66 bits per heavy atom. The third-order valence-corrected chi connectivity index (χ3v) is 5.04. The zero-order chi connectivity index (χ0) is 20.6. The van der Waals surface area contributed by atoms with Crippen LogP contribution in [0.15, 0.2) is 42.5 Å². The average molecular weight is 423 g/mol. The van der Waals surface area contributed by atoms with Crippen LogP contribution >= 0.6 is 11.6 Å². The van der Waals surface area contributed by atoms with E-state index in [1.54, 1.807) is 12.1 Å². The van der Waals surface area contributed by atoms with Crippen molar-refractivity contribution in [3.05, 3.63) is 47.5 Å². The molecule has 2 heterocycles. The quantitative estimate of drug-likeness (QED) is 0.617. The van der Waals surface area contributed by atoms with Crippen LogP contribution in [0, 0.1) is 0 Å². The van der Waals surface area contributed by atoms with E-state index in [9.17, 15) is 13.2 Å². The van der Waals surface area contributed by atoms with E-state index in [0.717, 1.165) is 18.7 Å². The molecule has 1 aliphatic heterocycles. The van der Waals surface area contributed by atoms with Crippen LogP contribution in [0.25, 0.3) is 22.3 Å². The molecule has 1 aromatic heterocycles. The summed E-state index contributed by atoms with van der Waals surface area (Å²) in [5, 5.41) is 1.12. The smallest absolute Gasteiger partial charge is 0.406 e. The van der Waals surface area contributed by atoms with Gasteiger partial charge in [0.2, 0.25) is 0 Å². The minimum absolute atomic E-state index is 0.289. The van der Waals surface area contributed by atoms with E-state index in [4.69, 9.17) is 16.6 Å². The molecule has 0 amide bonds. The first-order chi connectivity index (χ1) is 13.8. The number of piperazine rings is 1. The zero-order valence-corrected chi connectivity index (χ0v) is 16.3. The number of hydrogen-bond donors (Lipinski definition) is 0. The molecular formula is C20H18ClF3N4O. The minimum atomic E-state index is -4.76. The van der Waals surface area contributed by atoms with Crippen molar-refractivity contribution in [3.63, 3.8) is 0 Å². The fourth-order valence-electron chi connectivity index (χ4n) is 3.28. The van der Waals surface area contributed by atoms with E-state index in [0.29, 0.717) is 40.7 Å². The molecule has 0 atom stereocenters. The average Bonchev–Trinajstić information content (AvgIpc) is 2.67. The molecule has 3 aromatic rings. The molecule has 0 saturated carbocycles. The van der Waals surface area contributed by atoms with Crippen LogP contribution in [0.3, 0.4) is 0 Å². The number of nitrogens with zero attached hydrogens (tertiary/aromatic N) is 4. The number of aromatic nitrogens is 2. The van der Waals surface area contributed by atoms with Crippen molar-refractivity contribution in [3.8, 4) is 17.1 Å². The number of fused-ring (bicyclic) bond motifs is 1. The van der Waals surface area contributed by atoms with Gasteiger partial charge in [-0.2, -0.15) is 0 Å². The summed E-state index contributed by atoms with van der Waals surface area (Å²) in [6, 6.07) is 11.3. The van der Waals surface area contributed by atoms with Gasteiger partial charge >= 0.3 is 6.36 Å². The van der Waals surface area contributed by atoms with Gasteiger partial charge in [0.1, 0.15) is 11.6 Å². The van der Waals surface area contributed by atoms with Gasteiger partial charge in [0.15, 0.2) is 5.82 Å².